The lowest BCUT2D eigenvalue weighted by Crippen LogP contribution is -2.45. The Hall–Kier alpha value is -1.02. The third-order valence-electron chi connectivity index (χ3n) is 4.77. The van der Waals surface area contributed by atoms with Crippen LogP contribution in [0.4, 0.5) is 5.69 Å². The summed E-state index contributed by atoms with van der Waals surface area (Å²) >= 11 is 0. The van der Waals surface area contributed by atoms with Crippen LogP contribution >= 0.6 is 0 Å². The number of hydrogen-bond acceptors (Lipinski definition) is 2. The molecule has 0 saturated heterocycles. The van der Waals surface area contributed by atoms with Gasteiger partial charge in [-0.2, -0.15) is 0 Å². The van der Waals surface area contributed by atoms with Crippen LogP contribution in [0.5, 0.6) is 0 Å². The van der Waals surface area contributed by atoms with Gasteiger partial charge < -0.3 is 10.2 Å². The minimum atomic E-state index is 0.766. The number of nitrogens with zero attached hydrogens (tertiary/aromatic N) is 1. The molecule has 1 aromatic rings. The maximum Gasteiger partial charge on any atom is 0.0401 e. The Morgan fingerprint density at radius 3 is 2.74 bits per heavy atom. The van der Waals surface area contributed by atoms with Crippen molar-refractivity contribution in [3.8, 4) is 0 Å². The highest BCUT2D eigenvalue weighted by molar-refractivity contribution is 5.56. The van der Waals surface area contributed by atoms with Crippen molar-refractivity contribution in [3.63, 3.8) is 0 Å². The SMILES string of the molecule is CNCC1Cc2ccccc2N(C2CCCCC2)C1. The third-order valence-corrected chi connectivity index (χ3v) is 4.77. The standard InChI is InChI=1S/C17H26N2/c1-18-12-14-11-15-7-5-6-10-17(15)19(13-14)16-8-3-2-4-9-16/h5-7,10,14,16,18H,2-4,8-9,11-13H2,1H3. The van der Waals surface area contributed by atoms with Gasteiger partial charge in [0.2, 0.25) is 0 Å². The van der Waals surface area contributed by atoms with Crippen LogP contribution in [0.2, 0.25) is 0 Å². The molecule has 1 heterocycles. The van der Waals surface area contributed by atoms with Gasteiger partial charge in [0.05, 0.1) is 0 Å². The summed E-state index contributed by atoms with van der Waals surface area (Å²) in [6, 6.07) is 9.84. The second-order valence-electron chi connectivity index (χ2n) is 6.20. The summed E-state index contributed by atoms with van der Waals surface area (Å²) in [5, 5.41) is 3.37. The van der Waals surface area contributed by atoms with E-state index in [4.69, 9.17) is 0 Å². The highest BCUT2D eigenvalue weighted by Crippen LogP contribution is 2.34. The van der Waals surface area contributed by atoms with Gasteiger partial charge in [-0.25, -0.2) is 0 Å². The van der Waals surface area contributed by atoms with E-state index in [2.05, 4.69) is 41.5 Å². The Morgan fingerprint density at radius 1 is 1.16 bits per heavy atom. The quantitative estimate of drug-likeness (QED) is 0.895. The van der Waals surface area contributed by atoms with Crippen molar-refractivity contribution in [2.24, 2.45) is 5.92 Å². The topological polar surface area (TPSA) is 15.3 Å². The van der Waals surface area contributed by atoms with E-state index < -0.39 is 0 Å². The molecule has 2 nitrogen and oxygen atoms in total. The molecule has 2 heteroatoms. The predicted molar refractivity (Wildman–Crippen MR) is 81.8 cm³/mol. The molecular formula is C17H26N2. The molecular weight excluding hydrogens is 232 g/mol. The number of anilines is 1. The van der Waals surface area contributed by atoms with Crippen LogP contribution in [0.15, 0.2) is 24.3 Å². The van der Waals surface area contributed by atoms with Gasteiger partial charge in [-0.05, 0) is 50.4 Å². The second kappa shape index (κ2) is 5.96. The molecule has 1 aromatic carbocycles. The van der Waals surface area contributed by atoms with E-state index in [0.29, 0.717) is 0 Å². The number of benzene rings is 1. The van der Waals surface area contributed by atoms with Crippen molar-refractivity contribution >= 4 is 5.69 Å². The lowest BCUT2D eigenvalue weighted by molar-refractivity contribution is 0.374. The fraction of sp³-hybridized carbons (Fsp3) is 0.647. The van der Waals surface area contributed by atoms with E-state index in [9.17, 15) is 0 Å². The van der Waals surface area contributed by atoms with E-state index >= 15 is 0 Å². The Balaban J connectivity index is 1.84. The van der Waals surface area contributed by atoms with Crippen LogP contribution in [-0.2, 0) is 6.42 Å². The van der Waals surface area contributed by atoms with E-state index in [1.54, 1.807) is 5.56 Å². The fourth-order valence-corrected chi connectivity index (χ4v) is 3.88. The first-order valence-electron chi connectivity index (χ1n) is 7.87. The summed E-state index contributed by atoms with van der Waals surface area (Å²) in [6.45, 7) is 2.38. The van der Waals surface area contributed by atoms with E-state index in [0.717, 1.165) is 18.5 Å². The molecule has 1 fully saturated rings. The minimum absolute atomic E-state index is 0.766. The van der Waals surface area contributed by atoms with E-state index in [1.807, 2.05) is 0 Å². The van der Waals surface area contributed by atoms with Crippen LogP contribution in [0, 0.1) is 5.92 Å². The molecule has 1 saturated carbocycles. The summed E-state index contributed by atoms with van der Waals surface area (Å²) in [5.41, 5.74) is 3.07. The normalized spacial score (nSPS) is 24.3. The molecule has 1 aliphatic carbocycles. The largest absolute Gasteiger partial charge is 0.368 e. The lowest BCUT2D eigenvalue weighted by Gasteiger charge is -2.42. The lowest BCUT2D eigenvalue weighted by atomic mass is 9.87. The number of fused-ring (bicyclic) bond motifs is 1. The average molecular weight is 258 g/mol. The molecule has 19 heavy (non-hydrogen) atoms. The first-order chi connectivity index (χ1) is 9.38. The van der Waals surface area contributed by atoms with Crippen molar-refractivity contribution < 1.29 is 0 Å². The van der Waals surface area contributed by atoms with Crippen molar-refractivity contribution in [3.05, 3.63) is 29.8 Å². The zero-order valence-electron chi connectivity index (χ0n) is 12.1. The number of hydrogen-bond donors (Lipinski definition) is 1. The molecule has 0 aromatic heterocycles. The number of para-hydroxylation sites is 1. The van der Waals surface area contributed by atoms with Gasteiger partial charge in [0.1, 0.15) is 0 Å². The first kappa shape index (κ1) is 13.0. The molecule has 2 aliphatic rings. The van der Waals surface area contributed by atoms with Crippen molar-refractivity contribution in [1.82, 2.24) is 5.32 Å². The Bertz CT molecular complexity index is 409. The highest BCUT2D eigenvalue weighted by atomic mass is 15.2. The third kappa shape index (κ3) is 2.79. The van der Waals surface area contributed by atoms with Gasteiger partial charge in [-0.3, -0.25) is 0 Å². The zero-order chi connectivity index (χ0) is 13.1. The van der Waals surface area contributed by atoms with Gasteiger partial charge in [0.15, 0.2) is 0 Å². The summed E-state index contributed by atoms with van der Waals surface area (Å²) in [5.74, 6) is 0.766. The van der Waals surface area contributed by atoms with Gasteiger partial charge in [-0.15, -0.1) is 0 Å². The van der Waals surface area contributed by atoms with Crippen LogP contribution in [-0.4, -0.2) is 26.2 Å². The van der Waals surface area contributed by atoms with Crippen molar-refractivity contribution in [2.45, 2.75) is 44.6 Å². The van der Waals surface area contributed by atoms with Crippen LogP contribution in [0.1, 0.15) is 37.7 Å². The Morgan fingerprint density at radius 2 is 1.95 bits per heavy atom. The summed E-state index contributed by atoms with van der Waals surface area (Å²) in [4.78, 5) is 2.72. The molecule has 0 radical (unpaired) electrons. The molecule has 1 atom stereocenters. The molecule has 0 amide bonds. The van der Waals surface area contributed by atoms with E-state index in [-0.39, 0.29) is 0 Å². The molecule has 1 aliphatic heterocycles. The highest BCUT2D eigenvalue weighted by Gasteiger charge is 2.29. The summed E-state index contributed by atoms with van der Waals surface area (Å²) in [7, 11) is 2.07. The summed E-state index contributed by atoms with van der Waals surface area (Å²) < 4.78 is 0. The maximum atomic E-state index is 3.37. The minimum Gasteiger partial charge on any atom is -0.368 e. The summed E-state index contributed by atoms with van der Waals surface area (Å²) in [6.07, 6.45) is 8.29. The smallest absolute Gasteiger partial charge is 0.0401 e. The van der Waals surface area contributed by atoms with Crippen LogP contribution in [0.3, 0.4) is 0 Å². The molecule has 1 N–H and O–H groups in total. The fourth-order valence-electron chi connectivity index (χ4n) is 3.88. The Kier molecular flexibility index (Phi) is 4.07. The number of nitrogens with one attached hydrogen (secondary N) is 1. The molecule has 104 valence electrons. The van der Waals surface area contributed by atoms with Crippen molar-refractivity contribution in [2.75, 3.05) is 25.0 Å². The Labute approximate surface area is 117 Å². The van der Waals surface area contributed by atoms with Gasteiger partial charge in [0.25, 0.3) is 0 Å². The van der Waals surface area contributed by atoms with Gasteiger partial charge in [-0.1, -0.05) is 37.5 Å². The molecule has 1 unspecified atom stereocenters. The van der Waals surface area contributed by atoms with Crippen LogP contribution in [0.25, 0.3) is 0 Å². The zero-order valence-corrected chi connectivity index (χ0v) is 12.1. The molecule has 3 rings (SSSR count). The van der Waals surface area contributed by atoms with E-state index in [1.165, 1.54) is 50.8 Å². The average Bonchev–Trinajstić information content (AvgIpc) is 2.48. The van der Waals surface area contributed by atoms with Gasteiger partial charge >= 0.3 is 0 Å². The monoisotopic (exact) mass is 258 g/mol. The predicted octanol–water partition coefficient (Wildman–Crippen LogP) is 3.22. The van der Waals surface area contributed by atoms with Crippen LogP contribution < -0.4 is 10.2 Å². The maximum absolute atomic E-state index is 3.37. The van der Waals surface area contributed by atoms with Gasteiger partial charge in [0, 0.05) is 18.3 Å². The molecule has 0 bridgehead atoms. The first-order valence-corrected chi connectivity index (χ1v) is 7.87. The molecule has 0 spiro atoms. The second-order valence-corrected chi connectivity index (χ2v) is 6.20. The van der Waals surface area contributed by atoms with Crippen molar-refractivity contribution in [1.29, 1.82) is 0 Å². The number of rotatable bonds is 3.